The average Bonchev–Trinajstić information content (AvgIpc) is 2.96. The van der Waals surface area contributed by atoms with Crippen molar-refractivity contribution in [3.63, 3.8) is 0 Å². The molecule has 1 aromatic heterocycles. The van der Waals surface area contributed by atoms with Crippen molar-refractivity contribution in [1.29, 1.82) is 0 Å². The molecule has 1 aromatic rings. The first-order chi connectivity index (χ1) is 8.25. The van der Waals surface area contributed by atoms with Gasteiger partial charge in [-0.25, -0.2) is 0 Å². The van der Waals surface area contributed by atoms with Crippen molar-refractivity contribution in [1.82, 2.24) is 4.90 Å². The number of rotatable bonds is 6. The van der Waals surface area contributed by atoms with Crippen LogP contribution in [0.2, 0.25) is 0 Å². The molecule has 1 aliphatic rings. The topological polar surface area (TPSA) is 29.3 Å². The summed E-state index contributed by atoms with van der Waals surface area (Å²) < 4.78 is 0. The Morgan fingerprint density at radius 2 is 2.24 bits per heavy atom. The number of thiocarbonyl (C=S) groups is 1. The largest absolute Gasteiger partial charge is 0.392 e. The number of nitrogens with zero attached hydrogens (tertiary/aromatic N) is 1. The van der Waals surface area contributed by atoms with Gasteiger partial charge in [-0.15, -0.1) is 11.3 Å². The molecule has 1 saturated carbocycles. The van der Waals surface area contributed by atoms with Gasteiger partial charge in [0, 0.05) is 24.0 Å². The Morgan fingerprint density at radius 1 is 1.47 bits per heavy atom. The normalized spacial score (nSPS) is 16.8. The van der Waals surface area contributed by atoms with Crippen LogP contribution in [0.1, 0.15) is 30.6 Å². The van der Waals surface area contributed by atoms with Crippen LogP contribution in [0.5, 0.6) is 0 Å². The maximum absolute atomic E-state index is 5.70. The molecular formula is C13H20N2S2. The zero-order chi connectivity index (χ0) is 12.1. The Labute approximate surface area is 113 Å². The Morgan fingerprint density at radius 3 is 2.82 bits per heavy atom. The lowest BCUT2D eigenvalue weighted by Crippen LogP contribution is -2.40. The maximum atomic E-state index is 5.70. The Balaban J connectivity index is 1.88. The van der Waals surface area contributed by atoms with E-state index >= 15 is 0 Å². The minimum absolute atomic E-state index is 0.628. The predicted octanol–water partition coefficient (Wildman–Crippen LogP) is 2.82. The van der Waals surface area contributed by atoms with E-state index in [2.05, 4.69) is 22.4 Å². The molecule has 0 aromatic carbocycles. The molecule has 2 N–H and O–H groups in total. The van der Waals surface area contributed by atoms with Crippen LogP contribution in [0.15, 0.2) is 17.5 Å². The molecule has 0 amide bonds. The molecule has 2 rings (SSSR count). The van der Waals surface area contributed by atoms with Crippen molar-refractivity contribution in [2.45, 2.75) is 38.1 Å². The van der Waals surface area contributed by atoms with Crippen LogP contribution in [0.3, 0.4) is 0 Å². The SMILES string of the molecule is NC(=S)CN(CCc1cccs1)C1CCCC1. The van der Waals surface area contributed by atoms with Crippen LogP contribution >= 0.6 is 23.6 Å². The van der Waals surface area contributed by atoms with Gasteiger partial charge in [0.25, 0.3) is 0 Å². The van der Waals surface area contributed by atoms with E-state index in [-0.39, 0.29) is 0 Å². The highest BCUT2D eigenvalue weighted by molar-refractivity contribution is 7.80. The molecule has 0 atom stereocenters. The van der Waals surface area contributed by atoms with Gasteiger partial charge < -0.3 is 5.73 Å². The second kappa shape index (κ2) is 6.47. The summed E-state index contributed by atoms with van der Waals surface area (Å²) in [6.07, 6.45) is 6.46. The summed E-state index contributed by atoms with van der Waals surface area (Å²) in [6, 6.07) is 5.03. The fraction of sp³-hybridized carbons (Fsp3) is 0.615. The highest BCUT2D eigenvalue weighted by atomic mass is 32.1. The third-order valence-corrected chi connectivity index (χ3v) is 4.49. The average molecular weight is 268 g/mol. The van der Waals surface area contributed by atoms with Crippen LogP contribution in [0.25, 0.3) is 0 Å². The Bertz CT molecular complexity index is 342. The van der Waals surface area contributed by atoms with E-state index in [0.717, 1.165) is 19.5 Å². The second-order valence-electron chi connectivity index (χ2n) is 4.70. The van der Waals surface area contributed by atoms with Gasteiger partial charge in [-0.05, 0) is 30.7 Å². The Kier molecular flexibility index (Phi) is 4.95. The predicted molar refractivity (Wildman–Crippen MR) is 78.6 cm³/mol. The van der Waals surface area contributed by atoms with Crippen LogP contribution < -0.4 is 5.73 Å². The van der Waals surface area contributed by atoms with E-state index in [9.17, 15) is 0 Å². The van der Waals surface area contributed by atoms with E-state index in [1.54, 1.807) is 0 Å². The van der Waals surface area contributed by atoms with Gasteiger partial charge in [-0.1, -0.05) is 31.1 Å². The van der Waals surface area contributed by atoms with Crippen molar-refractivity contribution < 1.29 is 0 Å². The molecule has 1 fully saturated rings. The summed E-state index contributed by atoms with van der Waals surface area (Å²) in [5, 5.41) is 2.14. The molecule has 1 aliphatic carbocycles. The molecule has 0 radical (unpaired) electrons. The third kappa shape index (κ3) is 4.05. The van der Waals surface area contributed by atoms with E-state index in [4.69, 9.17) is 18.0 Å². The number of nitrogens with two attached hydrogens (primary N) is 1. The molecule has 0 unspecified atom stereocenters. The van der Waals surface area contributed by atoms with Crippen molar-refractivity contribution >= 4 is 28.5 Å². The monoisotopic (exact) mass is 268 g/mol. The van der Waals surface area contributed by atoms with E-state index in [0.29, 0.717) is 11.0 Å². The summed E-state index contributed by atoms with van der Waals surface area (Å²) in [5.41, 5.74) is 5.70. The number of hydrogen-bond donors (Lipinski definition) is 1. The summed E-state index contributed by atoms with van der Waals surface area (Å²) in [7, 11) is 0. The molecule has 0 bridgehead atoms. The van der Waals surface area contributed by atoms with Gasteiger partial charge in [0.05, 0.1) is 4.99 Å². The minimum atomic E-state index is 0.628. The standard InChI is InChI=1S/C13H20N2S2/c14-13(16)10-15(11-4-1-2-5-11)8-7-12-6-3-9-17-12/h3,6,9,11H,1-2,4-5,7-8,10H2,(H2,14,16). The quantitative estimate of drug-likeness (QED) is 0.805. The second-order valence-corrected chi connectivity index (χ2v) is 6.26. The van der Waals surface area contributed by atoms with Crippen molar-refractivity contribution in [3.05, 3.63) is 22.4 Å². The minimum Gasteiger partial charge on any atom is -0.392 e. The Hall–Kier alpha value is -0.450. The molecule has 2 nitrogen and oxygen atoms in total. The molecule has 17 heavy (non-hydrogen) atoms. The number of thiophene rings is 1. The van der Waals surface area contributed by atoms with Crippen molar-refractivity contribution in [2.75, 3.05) is 13.1 Å². The summed E-state index contributed by atoms with van der Waals surface area (Å²) >= 11 is 6.90. The van der Waals surface area contributed by atoms with Crippen LogP contribution in [0.4, 0.5) is 0 Å². The lowest BCUT2D eigenvalue weighted by atomic mass is 10.2. The highest BCUT2D eigenvalue weighted by Crippen LogP contribution is 2.23. The highest BCUT2D eigenvalue weighted by Gasteiger charge is 2.22. The molecule has 1 heterocycles. The fourth-order valence-electron chi connectivity index (χ4n) is 2.57. The molecule has 0 spiro atoms. The molecule has 0 aliphatic heterocycles. The van der Waals surface area contributed by atoms with Gasteiger partial charge in [0.1, 0.15) is 0 Å². The van der Waals surface area contributed by atoms with E-state index < -0.39 is 0 Å². The van der Waals surface area contributed by atoms with Gasteiger partial charge in [0.2, 0.25) is 0 Å². The van der Waals surface area contributed by atoms with Crippen LogP contribution in [-0.2, 0) is 6.42 Å². The van der Waals surface area contributed by atoms with Crippen molar-refractivity contribution in [2.24, 2.45) is 5.73 Å². The zero-order valence-corrected chi connectivity index (χ0v) is 11.7. The van der Waals surface area contributed by atoms with Gasteiger partial charge in [-0.2, -0.15) is 0 Å². The van der Waals surface area contributed by atoms with Gasteiger partial charge >= 0.3 is 0 Å². The lowest BCUT2D eigenvalue weighted by Gasteiger charge is -2.28. The zero-order valence-electron chi connectivity index (χ0n) is 10.1. The fourth-order valence-corrected chi connectivity index (χ4v) is 3.43. The lowest BCUT2D eigenvalue weighted by molar-refractivity contribution is 0.230. The summed E-state index contributed by atoms with van der Waals surface area (Å²) in [5.74, 6) is 0. The van der Waals surface area contributed by atoms with Crippen molar-refractivity contribution in [3.8, 4) is 0 Å². The first-order valence-corrected chi connectivity index (χ1v) is 7.59. The summed E-state index contributed by atoms with van der Waals surface area (Å²) in [6.45, 7) is 1.87. The van der Waals surface area contributed by atoms with E-state index in [1.165, 1.54) is 30.6 Å². The van der Waals surface area contributed by atoms with Gasteiger partial charge in [-0.3, -0.25) is 4.90 Å². The molecular weight excluding hydrogens is 248 g/mol. The first-order valence-electron chi connectivity index (χ1n) is 6.30. The van der Waals surface area contributed by atoms with Crippen LogP contribution in [0, 0.1) is 0 Å². The maximum Gasteiger partial charge on any atom is 0.0870 e. The molecule has 4 heteroatoms. The smallest absolute Gasteiger partial charge is 0.0870 e. The molecule has 0 saturated heterocycles. The van der Waals surface area contributed by atoms with Gasteiger partial charge in [0.15, 0.2) is 0 Å². The van der Waals surface area contributed by atoms with Crippen LogP contribution in [-0.4, -0.2) is 29.0 Å². The summed E-state index contributed by atoms with van der Waals surface area (Å²) in [4.78, 5) is 4.56. The third-order valence-electron chi connectivity index (χ3n) is 3.43. The molecule has 94 valence electrons. The first kappa shape index (κ1) is 13.0. The number of hydrogen-bond acceptors (Lipinski definition) is 3. The van der Waals surface area contributed by atoms with E-state index in [1.807, 2.05) is 11.3 Å².